The van der Waals surface area contributed by atoms with E-state index in [1.165, 1.54) is 24.8 Å². The number of amides is 4. The lowest BCUT2D eigenvalue weighted by molar-refractivity contribution is -0.145. The Kier molecular flexibility index (Phi) is 14.2. The molecule has 5 aliphatic rings. The van der Waals surface area contributed by atoms with Crippen LogP contribution in [0.4, 0.5) is 0 Å². The number of carbonyl (C=O) groups excluding carboxylic acids is 4. The number of allylic oxidation sites excluding steroid dienone is 3. The molecule has 368 valence electrons. The fourth-order valence-corrected chi connectivity index (χ4v) is 12.2. The van der Waals surface area contributed by atoms with Crippen LogP contribution < -0.4 is 10.6 Å². The van der Waals surface area contributed by atoms with Gasteiger partial charge >= 0.3 is 0 Å². The molecule has 2 N–H and O–H groups in total. The Bertz CT molecular complexity index is 2800. The first kappa shape index (κ1) is 48.0. The van der Waals surface area contributed by atoms with Crippen LogP contribution in [-0.4, -0.2) is 61.2 Å². The molecule has 0 saturated heterocycles. The van der Waals surface area contributed by atoms with Crippen LogP contribution in [0.3, 0.4) is 0 Å². The molecule has 2 aromatic heterocycles. The van der Waals surface area contributed by atoms with E-state index in [-0.39, 0.29) is 48.2 Å². The van der Waals surface area contributed by atoms with Crippen LogP contribution in [0.1, 0.15) is 138 Å². The monoisotopic (exact) mass is 952 g/mol. The molecule has 0 radical (unpaired) electrons. The molecule has 10 rings (SSSR count). The van der Waals surface area contributed by atoms with Gasteiger partial charge in [0.1, 0.15) is 22.5 Å². The highest BCUT2D eigenvalue weighted by atomic mass is 16.3. The van der Waals surface area contributed by atoms with Crippen LogP contribution in [0.2, 0.25) is 0 Å². The third-order valence-corrected chi connectivity index (χ3v) is 16.3. The molecule has 10 heteroatoms. The fourth-order valence-electron chi connectivity index (χ4n) is 12.2. The summed E-state index contributed by atoms with van der Waals surface area (Å²) in [6, 6.07) is 38.1. The molecule has 4 unspecified atom stereocenters. The standard InChI is InChI=1S/C61H69N5O5/c1-60(58(69)62-49-27-15-4-3-5-16-28-49)39-44-36-48(56(67)66(60)41-51-30-19-35-71-51)38-53(52(37-44)45-22-11-7-12-23-45)46-24-17-18-29-50(32-31-46)63-59(70)61(2)42-64-54(47-25-13-8-14-26-47)33-34-55(64)57(68)65(61)40-43-20-9-6-10-21-43/h6-14,19-23,25-26,30,33-36,38,46,49-50H,3-5,15-18,24,27-29,31-32,37,39-42H2,1-2H3,(H,62,69)(H,63,70). The van der Waals surface area contributed by atoms with E-state index in [0.717, 1.165) is 97.7 Å². The van der Waals surface area contributed by atoms with E-state index in [2.05, 4.69) is 47.1 Å². The van der Waals surface area contributed by atoms with Crippen molar-refractivity contribution in [2.75, 3.05) is 0 Å². The SMILES string of the molecule is CC1(C(=O)NC2CCCCCCC2)CC2=CC(=CC(C3CCCCC(NC(=O)C4(C)Cn5c(ccc5-c5ccccc5)C(=O)N4Cc4ccccc4)CC3)=C(c3ccccc3)C2)C(=O)N1Cc1ccco1. The van der Waals surface area contributed by atoms with Crippen LogP contribution in [0.5, 0.6) is 0 Å². The van der Waals surface area contributed by atoms with Crippen molar-refractivity contribution in [3.63, 3.8) is 0 Å². The van der Waals surface area contributed by atoms with Crippen molar-refractivity contribution in [3.8, 4) is 11.3 Å². The average molecular weight is 952 g/mol. The van der Waals surface area contributed by atoms with Crippen molar-refractivity contribution >= 4 is 29.2 Å². The summed E-state index contributed by atoms with van der Waals surface area (Å²) in [7, 11) is 0. The minimum atomic E-state index is -1.18. The number of hydrogen-bond donors (Lipinski definition) is 2. The Morgan fingerprint density at radius 1 is 0.592 bits per heavy atom. The highest BCUT2D eigenvalue weighted by Gasteiger charge is 2.49. The molecule has 0 spiro atoms. The van der Waals surface area contributed by atoms with Crippen molar-refractivity contribution < 1.29 is 23.6 Å². The fraction of sp³-hybridized carbons (Fsp3) is 0.410. The maximum absolute atomic E-state index is 15.3. The predicted molar refractivity (Wildman–Crippen MR) is 278 cm³/mol. The normalized spacial score (nSPS) is 24.5. The van der Waals surface area contributed by atoms with Gasteiger partial charge in [-0.25, -0.2) is 0 Å². The van der Waals surface area contributed by atoms with Gasteiger partial charge in [-0.3, -0.25) is 19.2 Å². The largest absolute Gasteiger partial charge is 0.467 e. The lowest BCUT2D eigenvalue weighted by Crippen LogP contribution is -2.64. The summed E-state index contributed by atoms with van der Waals surface area (Å²) in [6.45, 7) is 4.69. The highest BCUT2D eigenvalue weighted by molar-refractivity contribution is 6.03. The van der Waals surface area contributed by atoms with E-state index in [4.69, 9.17) is 4.42 Å². The van der Waals surface area contributed by atoms with E-state index in [1.54, 1.807) is 16.1 Å². The minimum absolute atomic E-state index is 0.0825. The molecule has 4 amide bonds. The van der Waals surface area contributed by atoms with E-state index < -0.39 is 11.1 Å². The average Bonchev–Trinajstić information content (AvgIpc) is 3.99. The number of aromatic nitrogens is 1. The van der Waals surface area contributed by atoms with Crippen LogP contribution in [0, 0.1) is 5.92 Å². The molecule has 2 bridgehead atoms. The van der Waals surface area contributed by atoms with E-state index >= 15 is 9.59 Å². The summed E-state index contributed by atoms with van der Waals surface area (Å²) in [6.07, 6.45) is 19.8. The quantitative estimate of drug-likeness (QED) is 0.137. The Balaban J connectivity index is 0.941. The van der Waals surface area contributed by atoms with Gasteiger partial charge in [0.05, 0.1) is 19.4 Å². The van der Waals surface area contributed by atoms with Crippen LogP contribution in [0.25, 0.3) is 16.8 Å². The second-order valence-electron chi connectivity index (χ2n) is 21.3. The maximum Gasteiger partial charge on any atom is 0.271 e. The summed E-state index contributed by atoms with van der Waals surface area (Å²) < 4.78 is 7.90. The molecule has 3 aliphatic carbocycles. The second kappa shape index (κ2) is 21.0. The molecule has 2 fully saturated rings. The van der Waals surface area contributed by atoms with Crippen LogP contribution in [-0.2, 0) is 34.0 Å². The van der Waals surface area contributed by atoms with E-state index in [1.807, 2.05) is 109 Å². The van der Waals surface area contributed by atoms with Gasteiger partial charge < -0.3 is 29.4 Å². The van der Waals surface area contributed by atoms with E-state index in [0.29, 0.717) is 43.0 Å². The molecule has 5 aromatic rings. The smallest absolute Gasteiger partial charge is 0.271 e. The molecular formula is C61H69N5O5. The molecule has 2 aliphatic heterocycles. The molecule has 4 heterocycles. The third-order valence-electron chi connectivity index (χ3n) is 16.3. The zero-order chi connectivity index (χ0) is 49.0. The molecule has 71 heavy (non-hydrogen) atoms. The van der Waals surface area contributed by atoms with E-state index in [9.17, 15) is 9.59 Å². The van der Waals surface area contributed by atoms with Gasteiger partial charge in [-0.2, -0.15) is 0 Å². The topological polar surface area (TPSA) is 117 Å². The summed E-state index contributed by atoms with van der Waals surface area (Å²) in [5.74, 6) is 0.161. The van der Waals surface area contributed by atoms with Crippen molar-refractivity contribution in [2.24, 2.45) is 5.92 Å². The van der Waals surface area contributed by atoms with Gasteiger partial charge in [-0.15, -0.1) is 0 Å². The van der Waals surface area contributed by atoms with Crippen molar-refractivity contribution in [1.82, 2.24) is 25.0 Å². The lowest BCUT2D eigenvalue weighted by atomic mass is 9.78. The van der Waals surface area contributed by atoms with Crippen molar-refractivity contribution in [3.05, 3.63) is 173 Å². The van der Waals surface area contributed by atoms with Crippen LogP contribution in [0.15, 0.2) is 155 Å². The molecule has 10 nitrogen and oxygen atoms in total. The summed E-state index contributed by atoms with van der Waals surface area (Å²) in [5, 5.41) is 7.00. The molecular weight excluding hydrogens is 883 g/mol. The van der Waals surface area contributed by atoms with Gasteiger partial charge in [0.2, 0.25) is 11.8 Å². The second-order valence-corrected chi connectivity index (χ2v) is 21.3. The van der Waals surface area contributed by atoms with Crippen molar-refractivity contribution in [1.29, 1.82) is 0 Å². The van der Waals surface area contributed by atoms with Crippen LogP contribution >= 0.6 is 0 Å². The number of furan rings is 1. The van der Waals surface area contributed by atoms with Gasteiger partial charge in [-0.1, -0.05) is 142 Å². The minimum Gasteiger partial charge on any atom is -0.467 e. The van der Waals surface area contributed by atoms with Crippen molar-refractivity contribution in [2.45, 2.75) is 153 Å². The number of carbonyl (C=O) groups is 4. The number of rotatable bonds is 11. The summed E-state index contributed by atoms with van der Waals surface area (Å²) in [4.78, 5) is 63.5. The number of fused-ring (bicyclic) bond motifs is 2. The molecule has 3 aromatic carbocycles. The Morgan fingerprint density at radius 3 is 1.87 bits per heavy atom. The molecule has 4 atom stereocenters. The zero-order valence-corrected chi connectivity index (χ0v) is 41.5. The first-order valence-electron chi connectivity index (χ1n) is 26.3. The highest BCUT2D eigenvalue weighted by Crippen LogP contribution is 2.44. The first-order valence-corrected chi connectivity index (χ1v) is 26.3. The third kappa shape index (κ3) is 10.1. The number of nitrogens with zero attached hydrogens (tertiary/aromatic N) is 3. The van der Waals surface area contributed by atoms with Gasteiger partial charge in [0.15, 0.2) is 0 Å². The van der Waals surface area contributed by atoms with Gasteiger partial charge in [0.25, 0.3) is 11.8 Å². The molecule has 2 saturated carbocycles. The number of nitrogens with one attached hydrogen (secondary N) is 2. The first-order chi connectivity index (χ1) is 34.6. The summed E-state index contributed by atoms with van der Waals surface area (Å²) in [5.41, 5.74) is 6.24. The predicted octanol–water partition coefficient (Wildman–Crippen LogP) is 11.7. The summed E-state index contributed by atoms with van der Waals surface area (Å²) >= 11 is 0. The van der Waals surface area contributed by atoms with Gasteiger partial charge in [0, 0.05) is 36.3 Å². The maximum atomic E-state index is 15.3. The number of benzene rings is 3. The lowest BCUT2D eigenvalue weighted by Gasteiger charge is -2.45. The van der Waals surface area contributed by atoms with Gasteiger partial charge in [-0.05, 0) is 129 Å². The Morgan fingerprint density at radius 2 is 1.18 bits per heavy atom. The Labute approximate surface area is 419 Å². The zero-order valence-electron chi connectivity index (χ0n) is 41.5. The Hall–Kier alpha value is -6.68. The number of hydrogen-bond acceptors (Lipinski definition) is 5.